The fourth-order valence-corrected chi connectivity index (χ4v) is 2.87. The molecule has 0 amide bonds. The lowest BCUT2D eigenvalue weighted by Gasteiger charge is -2.23. The molecule has 0 spiro atoms. The van der Waals surface area contributed by atoms with Gasteiger partial charge in [0.15, 0.2) is 0 Å². The Kier molecular flexibility index (Phi) is 5.72. The number of hydrogen-bond acceptors (Lipinski definition) is 4. The number of ether oxygens (including phenoxy) is 2. The molecule has 1 aliphatic rings. The second-order valence-electron chi connectivity index (χ2n) is 5.80. The van der Waals surface area contributed by atoms with Crippen LogP contribution in [0.15, 0.2) is 48.5 Å². The lowest BCUT2D eigenvalue weighted by atomic mass is 10.1. The van der Waals surface area contributed by atoms with E-state index in [4.69, 9.17) is 21.1 Å². The van der Waals surface area contributed by atoms with E-state index in [9.17, 15) is 4.79 Å². The minimum absolute atomic E-state index is 0.193. The molecule has 1 fully saturated rings. The number of piperidine rings is 1. The summed E-state index contributed by atoms with van der Waals surface area (Å²) in [5, 5.41) is 3.93. The molecule has 2 aromatic carbocycles. The van der Waals surface area contributed by atoms with Gasteiger partial charge in [0.1, 0.15) is 18.5 Å². The molecule has 1 N–H and O–H groups in total. The Bertz CT molecular complexity index is 699. The summed E-state index contributed by atoms with van der Waals surface area (Å²) in [6.45, 7) is 2.12. The van der Waals surface area contributed by atoms with E-state index < -0.39 is 0 Å². The molecular formula is C19H20ClNO3. The summed E-state index contributed by atoms with van der Waals surface area (Å²) in [4.78, 5) is 12.2. The molecule has 3 rings (SSSR count). The topological polar surface area (TPSA) is 47.6 Å². The molecule has 1 aliphatic heterocycles. The minimum atomic E-state index is -0.370. The van der Waals surface area contributed by atoms with Gasteiger partial charge in [-0.05, 0) is 61.8 Å². The molecule has 0 bridgehead atoms. The Morgan fingerprint density at radius 1 is 1.12 bits per heavy atom. The molecule has 126 valence electrons. The van der Waals surface area contributed by atoms with Gasteiger partial charge in [-0.2, -0.15) is 0 Å². The fraction of sp³-hybridized carbons (Fsp3) is 0.316. The zero-order chi connectivity index (χ0) is 16.8. The zero-order valence-corrected chi connectivity index (χ0v) is 14.1. The number of benzene rings is 2. The van der Waals surface area contributed by atoms with Crippen molar-refractivity contribution in [3.05, 3.63) is 64.7 Å². The maximum absolute atomic E-state index is 12.2. The molecule has 0 aromatic heterocycles. The monoisotopic (exact) mass is 345 g/mol. The molecule has 4 nitrogen and oxygen atoms in total. The van der Waals surface area contributed by atoms with Gasteiger partial charge in [0.05, 0.1) is 5.56 Å². The highest BCUT2D eigenvalue weighted by Crippen LogP contribution is 2.19. The standard InChI is InChI=1S/C19H20ClNO3/c20-16-5-1-3-14(11-16)13-23-19(22)15-4-2-6-18(12-15)24-17-7-9-21-10-8-17/h1-6,11-12,17,21H,7-10,13H2. The second kappa shape index (κ2) is 8.18. The number of nitrogens with one attached hydrogen (secondary N) is 1. The zero-order valence-electron chi connectivity index (χ0n) is 13.3. The molecule has 5 heteroatoms. The average Bonchev–Trinajstić information content (AvgIpc) is 2.61. The molecule has 1 saturated heterocycles. The van der Waals surface area contributed by atoms with Crippen molar-refractivity contribution < 1.29 is 14.3 Å². The molecule has 0 aliphatic carbocycles. The number of esters is 1. The van der Waals surface area contributed by atoms with Crippen molar-refractivity contribution in [2.45, 2.75) is 25.6 Å². The highest BCUT2D eigenvalue weighted by Gasteiger charge is 2.15. The van der Waals surface area contributed by atoms with Crippen molar-refractivity contribution in [1.29, 1.82) is 0 Å². The molecular weight excluding hydrogens is 326 g/mol. The van der Waals surface area contributed by atoms with Crippen molar-refractivity contribution in [1.82, 2.24) is 5.32 Å². The first-order chi connectivity index (χ1) is 11.7. The normalized spacial score (nSPS) is 15.0. The summed E-state index contributed by atoms with van der Waals surface area (Å²) in [6.07, 6.45) is 2.15. The van der Waals surface area contributed by atoms with E-state index in [1.54, 1.807) is 24.3 Å². The van der Waals surface area contributed by atoms with Gasteiger partial charge in [0.2, 0.25) is 0 Å². The smallest absolute Gasteiger partial charge is 0.338 e. The Hall–Kier alpha value is -2.04. The van der Waals surface area contributed by atoms with Gasteiger partial charge in [-0.15, -0.1) is 0 Å². The van der Waals surface area contributed by atoms with E-state index in [1.165, 1.54) is 0 Å². The van der Waals surface area contributed by atoms with Crippen LogP contribution in [-0.4, -0.2) is 25.2 Å². The minimum Gasteiger partial charge on any atom is -0.490 e. The molecule has 24 heavy (non-hydrogen) atoms. The van der Waals surface area contributed by atoms with Crippen LogP contribution in [-0.2, 0) is 11.3 Å². The summed E-state index contributed by atoms with van der Waals surface area (Å²) < 4.78 is 11.3. The van der Waals surface area contributed by atoms with E-state index in [0.29, 0.717) is 16.3 Å². The summed E-state index contributed by atoms with van der Waals surface area (Å²) in [5.41, 5.74) is 1.35. The average molecular weight is 346 g/mol. The quantitative estimate of drug-likeness (QED) is 0.837. The van der Waals surface area contributed by atoms with Crippen molar-refractivity contribution >= 4 is 17.6 Å². The fourth-order valence-electron chi connectivity index (χ4n) is 2.66. The van der Waals surface area contributed by atoms with Crippen molar-refractivity contribution in [3.63, 3.8) is 0 Å². The third kappa shape index (κ3) is 4.73. The molecule has 0 atom stereocenters. The van der Waals surface area contributed by atoms with Gasteiger partial charge in [0, 0.05) is 5.02 Å². The van der Waals surface area contributed by atoms with Crippen LogP contribution in [0.2, 0.25) is 5.02 Å². The third-order valence-corrected chi connectivity index (χ3v) is 4.15. The number of carbonyl (C=O) groups excluding carboxylic acids is 1. The van der Waals surface area contributed by atoms with Crippen LogP contribution in [0, 0.1) is 0 Å². The van der Waals surface area contributed by atoms with Gasteiger partial charge in [-0.1, -0.05) is 29.8 Å². The van der Waals surface area contributed by atoms with Gasteiger partial charge in [-0.3, -0.25) is 0 Å². The molecule has 0 saturated carbocycles. The predicted octanol–water partition coefficient (Wildman–Crippen LogP) is 3.83. The summed E-state index contributed by atoms with van der Waals surface area (Å²) in [5.74, 6) is 0.338. The van der Waals surface area contributed by atoms with Gasteiger partial charge in [0.25, 0.3) is 0 Å². The Labute approximate surface area is 146 Å². The van der Waals surface area contributed by atoms with E-state index in [1.807, 2.05) is 24.3 Å². The van der Waals surface area contributed by atoms with Crippen LogP contribution in [0.25, 0.3) is 0 Å². The van der Waals surface area contributed by atoms with Crippen molar-refractivity contribution in [3.8, 4) is 5.75 Å². The number of rotatable bonds is 5. The van der Waals surface area contributed by atoms with E-state index >= 15 is 0 Å². The summed E-state index contributed by atoms with van der Waals surface area (Å²) in [7, 11) is 0. The Morgan fingerprint density at radius 2 is 1.92 bits per heavy atom. The molecule has 0 radical (unpaired) electrons. The predicted molar refractivity (Wildman–Crippen MR) is 93.5 cm³/mol. The Balaban J connectivity index is 1.59. The van der Waals surface area contributed by atoms with Crippen LogP contribution in [0.5, 0.6) is 5.75 Å². The highest BCUT2D eigenvalue weighted by atomic mass is 35.5. The first-order valence-corrected chi connectivity index (χ1v) is 8.47. The van der Waals surface area contributed by atoms with Crippen molar-refractivity contribution in [2.24, 2.45) is 0 Å². The lowest BCUT2D eigenvalue weighted by Crippen LogP contribution is -2.34. The van der Waals surface area contributed by atoms with E-state index in [0.717, 1.165) is 31.5 Å². The van der Waals surface area contributed by atoms with Crippen LogP contribution in [0.4, 0.5) is 0 Å². The highest BCUT2D eigenvalue weighted by molar-refractivity contribution is 6.30. The van der Waals surface area contributed by atoms with Gasteiger partial charge < -0.3 is 14.8 Å². The van der Waals surface area contributed by atoms with Gasteiger partial charge in [-0.25, -0.2) is 4.79 Å². The van der Waals surface area contributed by atoms with Gasteiger partial charge >= 0.3 is 5.97 Å². The second-order valence-corrected chi connectivity index (χ2v) is 6.24. The van der Waals surface area contributed by atoms with Crippen LogP contribution in [0.1, 0.15) is 28.8 Å². The van der Waals surface area contributed by atoms with E-state index in [2.05, 4.69) is 5.32 Å². The number of carbonyl (C=O) groups is 1. The molecule has 1 heterocycles. The number of hydrogen-bond donors (Lipinski definition) is 1. The van der Waals surface area contributed by atoms with Crippen molar-refractivity contribution in [2.75, 3.05) is 13.1 Å². The first kappa shape index (κ1) is 16.8. The summed E-state index contributed by atoms with van der Waals surface area (Å²) >= 11 is 5.93. The first-order valence-electron chi connectivity index (χ1n) is 8.10. The molecule has 0 unspecified atom stereocenters. The van der Waals surface area contributed by atoms with Crippen LogP contribution >= 0.6 is 11.6 Å². The van der Waals surface area contributed by atoms with E-state index in [-0.39, 0.29) is 18.7 Å². The lowest BCUT2D eigenvalue weighted by molar-refractivity contribution is 0.0471. The summed E-state index contributed by atoms with van der Waals surface area (Å²) in [6, 6.07) is 14.4. The largest absolute Gasteiger partial charge is 0.490 e. The molecule has 2 aromatic rings. The maximum atomic E-state index is 12.2. The maximum Gasteiger partial charge on any atom is 0.338 e. The SMILES string of the molecule is O=C(OCc1cccc(Cl)c1)c1cccc(OC2CCNCC2)c1. The third-order valence-electron chi connectivity index (χ3n) is 3.92. The Morgan fingerprint density at radius 3 is 2.71 bits per heavy atom. The van der Waals surface area contributed by atoms with Crippen LogP contribution < -0.4 is 10.1 Å². The number of halogens is 1. The van der Waals surface area contributed by atoms with Crippen LogP contribution in [0.3, 0.4) is 0 Å².